The molecule has 1 aliphatic heterocycles. The number of carbonyl (C=O) groups is 1. The van der Waals surface area contributed by atoms with Crippen LogP contribution in [0.5, 0.6) is 11.5 Å². The molecule has 1 aliphatic rings. The fourth-order valence-corrected chi connectivity index (χ4v) is 4.66. The normalized spacial score (nSPS) is 14.9. The number of hydrogen-bond donors (Lipinski definition) is 0. The zero-order valence-corrected chi connectivity index (χ0v) is 20.5. The number of rotatable bonds is 7. The first-order valence-corrected chi connectivity index (χ1v) is 12.2. The van der Waals surface area contributed by atoms with Gasteiger partial charge in [0.05, 0.1) is 6.61 Å². The van der Waals surface area contributed by atoms with E-state index in [1.807, 2.05) is 73.7 Å². The summed E-state index contributed by atoms with van der Waals surface area (Å²) in [5, 5.41) is 0. The van der Waals surface area contributed by atoms with E-state index in [1.54, 1.807) is 18.2 Å². The van der Waals surface area contributed by atoms with Crippen LogP contribution >= 0.6 is 0 Å². The van der Waals surface area contributed by atoms with Crippen molar-refractivity contribution in [2.24, 2.45) is 0 Å². The van der Waals surface area contributed by atoms with E-state index in [0.29, 0.717) is 12.2 Å². The first kappa shape index (κ1) is 23.4. The van der Waals surface area contributed by atoms with Crippen molar-refractivity contribution in [1.29, 1.82) is 0 Å². The number of carbonyl (C=O) groups excluding carboxylic acids is 1. The predicted molar refractivity (Wildman–Crippen MR) is 145 cm³/mol. The highest BCUT2D eigenvalue weighted by Gasteiger charge is 2.31. The van der Waals surface area contributed by atoms with Gasteiger partial charge in [-0.15, -0.1) is 0 Å². The lowest BCUT2D eigenvalue weighted by molar-refractivity contribution is 0.104. The quantitative estimate of drug-likeness (QED) is 0.204. The molecule has 1 atom stereocenters. The smallest absolute Gasteiger partial charge is 0.185 e. The second kappa shape index (κ2) is 10.5. The lowest BCUT2D eigenvalue weighted by Gasteiger charge is -2.31. The molecule has 0 aliphatic carbocycles. The number of para-hydroxylation sites is 1. The molecule has 0 bridgehead atoms. The van der Waals surface area contributed by atoms with E-state index < -0.39 is 0 Å². The van der Waals surface area contributed by atoms with E-state index in [2.05, 4.69) is 37.3 Å². The van der Waals surface area contributed by atoms with Crippen molar-refractivity contribution in [2.75, 3.05) is 6.61 Å². The Bertz CT molecular complexity index is 1430. The van der Waals surface area contributed by atoms with Crippen LogP contribution in [0, 0.1) is 6.92 Å². The molecule has 0 saturated carbocycles. The minimum Gasteiger partial charge on any atom is -0.494 e. The van der Waals surface area contributed by atoms with Gasteiger partial charge in [0.25, 0.3) is 0 Å². The van der Waals surface area contributed by atoms with E-state index in [9.17, 15) is 4.79 Å². The Kier molecular flexibility index (Phi) is 6.81. The second-order valence-corrected chi connectivity index (χ2v) is 8.73. The average Bonchev–Trinajstić information content (AvgIpc) is 2.92. The molecule has 178 valence electrons. The van der Waals surface area contributed by atoms with Gasteiger partial charge in [0.2, 0.25) is 0 Å². The van der Waals surface area contributed by atoms with E-state index in [1.165, 1.54) is 11.1 Å². The van der Waals surface area contributed by atoms with Crippen LogP contribution in [0.1, 0.15) is 45.5 Å². The van der Waals surface area contributed by atoms with Gasteiger partial charge >= 0.3 is 0 Å². The van der Waals surface area contributed by atoms with Crippen molar-refractivity contribution in [3.8, 4) is 11.5 Å². The highest BCUT2D eigenvalue weighted by molar-refractivity contribution is 6.05. The Morgan fingerprint density at radius 3 is 2.22 bits per heavy atom. The summed E-state index contributed by atoms with van der Waals surface area (Å²) in [7, 11) is 0. The summed E-state index contributed by atoms with van der Waals surface area (Å²) in [4.78, 5) is 13.2. The van der Waals surface area contributed by atoms with Crippen molar-refractivity contribution >= 4 is 11.5 Å². The Balaban J connectivity index is 1.63. The Morgan fingerprint density at radius 2 is 1.50 bits per heavy atom. The maximum atomic E-state index is 13.2. The van der Waals surface area contributed by atoms with E-state index >= 15 is 0 Å². The number of aryl methyl sites for hydroxylation is 1. The second-order valence-electron chi connectivity index (χ2n) is 8.73. The number of allylic oxidation sites excluding steroid dienone is 3. The predicted octanol–water partition coefficient (Wildman–Crippen LogP) is 7.77. The van der Waals surface area contributed by atoms with E-state index in [4.69, 9.17) is 9.47 Å². The molecular weight excluding hydrogens is 444 g/mol. The van der Waals surface area contributed by atoms with Crippen LogP contribution in [0.3, 0.4) is 0 Å². The largest absolute Gasteiger partial charge is 0.494 e. The zero-order valence-electron chi connectivity index (χ0n) is 20.5. The zero-order chi connectivity index (χ0) is 24.9. The third-order valence-corrected chi connectivity index (χ3v) is 6.41. The molecule has 4 aromatic rings. The summed E-state index contributed by atoms with van der Waals surface area (Å²) in [5.41, 5.74) is 6.00. The summed E-state index contributed by atoms with van der Waals surface area (Å²) < 4.78 is 12.0. The third kappa shape index (κ3) is 4.73. The van der Waals surface area contributed by atoms with E-state index in [-0.39, 0.29) is 11.7 Å². The lowest BCUT2D eigenvalue weighted by atomic mass is 9.79. The number of hydrogen-bond acceptors (Lipinski definition) is 3. The molecule has 4 aromatic carbocycles. The fraction of sp³-hybridized carbons (Fsp3) is 0.121. The first-order chi connectivity index (χ1) is 17.7. The summed E-state index contributed by atoms with van der Waals surface area (Å²) in [6, 6.07) is 33.9. The minimum atomic E-state index is -0.0734. The topological polar surface area (TPSA) is 35.5 Å². The Labute approximate surface area is 212 Å². The number of fused-ring (bicyclic) bond motifs is 1. The number of ketones is 1. The van der Waals surface area contributed by atoms with Crippen molar-refractivity contribution in [1.82, 2.24) is 0 Å². The minimum absolute atomic E-state index is 0.0691. The van der Waals surface area contributed by atoms with Crippen molar-refractivity contribution in [3.05, 3.63) is 149 Å². The molecule has 0 aromatic heterocycles. The van der Waals surface area contributed by atoms with Gasteiger partial charge in [0.15, 0.2) is 5.78 Å². The Hall–Kier alpha value is -4.37. The third-order valence-electron chi connectivity index (χ3n) is 6.41. The van der Waals surface area contributed by atoms with Crippen molar-refractivity contribution in [3.63, 3.8) is 0 Å². The summed E-state index contributed by atoms with van der Waals surface area (Å²) in [6.45, 7) is 4.66. The molecule has 3 nitrogen and oxygen atoms in total. The van der Waals surface area contributed by atoms with Crippen LogP contribution < -0.4 is 9.47 Å². The van der Waals surface area contributed by atoms with Crippen LogP contribution in [-0.4, -0.2) is 12.4 Å². The molecule has 0 amide bonds. The molecule has 36 heavy (non-hydrogen) atoms. The van der Waals surface area contributed by atoms with Gasteiger partial charge in [-0.1, -0.05) is 78.9 Å². The summed E-state index contributed by atoms with van der Waals surface area (Å²) in [5.74, 6) is 2.21. The lowest BCUT2D eigenvalue weighted by Crippen LogP contribution is -2.16. The van der Waals surface area contributed by atoms with Crippen LogP contribution in [-0.2, 0) is 0 Å². The number of ether oxygens (including phenoxy) is 2. The summed E-state index contributed by atoms with van der Waals surface area (Å²) in [6.07, 6.45) is 3.57. The number of benzene rings is 4. The van der Waals surface area contributed by atoms with E-state index in [0.717, 1.165) is 34.0 Å². The monoisotopic (exact) mass is 472 g/mol. The molecule has 5 rings (SSSR count). The van der Waals surface area contributed by atoms with Gasteiger partial charge in [0.1, 0.15) is 17.3 Å². The Morgan fingerprint density at radius 1 is 0.833 bits per heavy atom. The molecule has 0 unspecified atom stereocenters. The van der Waals surface area contributed by atoms with Gasteiger partial charge in [-0.2, -0.15) is 0 Å². The standard InChI is InChI=1S/C33H28O3/c1-3-35-26-19-17-24(18-20-26)30(34)22-21-29-32(27-14-8-7-11-23(27)2)28-15-9-10-16-31(28)36-33(29)25-12-5-4-6-13-25/h4-22,32H,3H2,1-2H3/b22-21+/t32-/m0/s1. The van der Waals surface area contributed by atoms with Crippen LogP contribution in [0.15, 0.2) is 121 Å². The molecule has 3 heteroatoms. The van der Waals surface area contributed by atoms with Crippen molar-refractivity contribution in [2.45, 2.75) is 19.8 Å². The maximum Gasteiger partial charge on any atom is 0.185 e. The molecule has 0 N–H and O–H groups in total. The molecule has 0 spiro atoms. The highest BCUT2D eigenvalue weighted by Crippen LogP contribution is 2.46. The highest BCUT2D eigenvalue weighted by atomic mass is 16.5. The van der Waals surface area contributed by atoms with Gasteiger partial charge in [-0.25, -0.2) is 0 Å². The molecular formula is C33H28O3. The van der Waals surface area contributed by atoms with Crippen LogP contribution in [0.2, 0.25) is 0 Å². The van der Waals surface area contributed by atoms with Gasteiger partial charge < -0.3 is 9.47 Å². The van der Waals surface area contributed by atoms with Gasteiger partial charge in [-0.3, -0.25) is 4.79 Å². The average molecular weight is 473 g/mol. The van der Waals surface area contributed by atoms with Crippen molar-refractivity contribution < 1.29 is 14.3 Å². The fourth-order valence-electron chi connectivity index (χ4n) is 4.66. The molecule has 0 saturated heterocycles. The van der Waals surface area contributed by atoms with Gasteiger partial charge in [-0.05, 0) is 61.4 Å². The maximum absolute atomic E-state index is 13.2. The van der Waals surface area contributed by atoms with Gasteiger partial charge in [0, 0.05) is 28.2 Å². The molecule has 1 heterocycles. The van der Waals surface area contributed by atoms with Crippen LogP contribution in [0.25, 0.3) is 5.76 Å². The SMILES string of the molecule is CCOc1ccc(C(=O)/C=C/C2=C(c3ccccc3)Oc3ccccc3[C@@H]2c2ccccc2C)cc1. The van der Waals surface area contributed by atoms with Crippen LogP contribution in [0.4, 0.5) is 0 Å². The molecule has 0 fully saturated rings. The molecule has 0 radical (unpaired) electrons. The summed E-state index contributed by atoms with van der Waals surface area (Å²) >= 11 is 0. The first-order valence-electron chi connectivity index (χ1n) is 12.2.